The van der Waals surface area contributed by atoms with Crippen LogP contribution in [0.15, 0.2) is 47.1 Å². The molecule has 1 aliphatic rings. The number of rotatable bonds is 3. The van der Waals surface area contributed by atoms with E-state index in [1.807, 2.05) is 24.2 Å². The van der Waals surface area contributed by atoms with Crippen LogP contribution in [0.25, 0.3) is 11.5 Å². The second-order valence-corrected chi connectivity index (χ2v) is 7.16. The van der Waals surface area contributed by atoms with Gasteiger partial charge in [0.05, 0.1) is 11.8 Å². The maximum Gasteiger partial charge on any atom is 0.276 e. The average molecular weight is 364 g/mol. The molecule has 6 heteroatoms. The number of carbonyl (C=O) groups excluding carboxylic acids is 1. The Morgan fingerprint density at radius 1 is 1.19 bits per heavy atom. The minimum absolute atomic E-state index is 0.0416. The number of aromatic nitrogens is 3. The van der Waals surface area contributed by atoms with E-state index in [2.05, 4.69) is 34.3 Å². The highest BCUT2D eigenvalue weighted by atomic mass is 16.4. The molecule has 3 aromatic rings. The fourth-order valence-electron chi connectivity index (χ4n) is 3.76. The number of nitrogens with zero attached hydrogens (tertiary/aromatic N) is 4. The van der Waals surface area contributed by atoms with Gasteiger partial charge in [-0.25, -0.2) is 4.98 Å². The summed E-state index contributed by atoms with van der Waals surface area (Å²) >= 11 is 0. The van der Waals surface area contributed by atoms with Gasteiger partial charge in [-0.05, 0) is 37.7 Å². The predicted octanol–water partition coefficient (Wildman–Crippen LogP) is 3.79. The normalized spacial score (nSPS) is 17.7. The van der Waals surface area contributed by atoms with Gasteiger partial charge < -0.3 is 9.32 Å². The van der Waals surface area contributed by atoms with E-state index >= 15 is 0 Å². The summed E-state index contributed by atoms with van der Waals surface area (Å²) in [5.74, 6) is 1.47. The van der Waals surface area contributed by atoms with Gasteiger partial charge in [-0.3, -0.25) is 9.48 Å². The highest BCUT2D eigenvalue weighted by Gasteiger charge is 2.26. The Kier molecular flexibility index (Phi) is 4.79. The third kappa shape index (κ3) is 3.65. The van der Waals surface area contributed by atoms with Crippen LogP contribution in [0.3, 0.4) is 0 Å². The van der Waals surface area contributed by atoms with Crippen LogP contribution < -0.4 is 0 Å². The second kappa shape index (κ2) is 7.39. The van der Waals surface area contributed by atoms with Crippen molar-refractivity contribution in [1.82, 2.24) is 19.7 Å². The fourth-order valence-corrected chi connectivity index (χ4v) is 3.76. The van der Waals surface area contributed by atoms with Crippen LogP contribution in [-0.2, 0) is 7.05 Å². The lowest BCUT2D eigenvalue weighted by atomic mass is 9.92. The monoisotopic (exact) mass is 364 g/mol. The Bertz CT molecular complexity index is 929. The Balaban J connectivity index is 1.49. The molecule has 1 amide bonds. The number of hydrogen-bond donors (Lipinski definition) is 0. The van der Waals surface area contributed by atoms with E-state index in [-0.39, 0.29) is 5.91 Å². The molecule has 1 fully saturated rings. The molecule has 1 aliphatic heterocycles. The molecule has 27 heavy (non-hydrogen) atoms. The van der Waals surface area contributed by atoms with Crippen molar-refractivity contribution in [2.75, 3.05) is 13.1 Å². The van der Waals surface area contributed by atoms with Crippen molar-refractivity contribution >= 4 is 5.91 Å². The van der Waals surface area contributed by atoms with Gasteiger partial charge in [-0.15, -0.1) is 0 Å². The molecule has 1 atom stereocenters. The Labute approximate surface area is 158 Å². The number of carbonyl (C=O) groups is 1. The maximum atomic E-state index is 13.0. The van der Waals surface area contributed by atoms with Crippen LogP contribution in [-0.4, -0.2) is 38.7 Å². The molecule has 0 saturated carbocycles. The van der Waals surface area contributed by atoms with Gasteiger partial charge in [0, 0.05) is 26.3 Å². The van der Waals surface area contributed by atoms with Crippen molar-refractivity contribution in [3.63, 3.8) is 0 Å². The number of amides is 1. The summed E-state index contributed by atoms with van der Waals surface area (Å²) in [5, 5.41) is 4.14. The van der Waals surface area contributed by atoms with Crippen molar-refractivity contribution in [3.05, 3.63) is 59.7 Å². The molecule has 6 nitrogen and oxygen atoms in total. The first kappa shape index (κ1) is 17.5. The molecular weight excluding hydrogens is 340 g/mol. The standard InChI is InChI=1S/C21H24N4O2/c1-15-19(23-20(27-15)18-13-22-24(2)14-18)21(26)25-11-6-9-17(10-12-25)16-7-4-3-5-8-16/h3-5,7-8,13-14,17H,6,9-12H2,1-2H3/t17-/m0/s1. The molecule has 0 N–H and O–H groups in total. The molecule has 0 bridgehead atoms. The molecule has 2 aromatic heterocycles. The van der Waals surface area contributed by atoms with Crippen LogP contribution in [0.5, 0.6) is 0 Å². The first-order chi connectivity index (χ1) is 13.1. The van der Waals surface area contributed by atoms with Crippen LogP contribution in [0.4, 0.5) is 0 Å². The van der Waals surface area contributed by atoms with Crippen LogP contribution >= 0.6 is 0 Å². The van der Waals surface area contributed by atoms with Crippen molar-refractivity contribution in [2.24, 2.45) is 7.05 Å². The van der Waals surface area contributed by atoms with E-state index < -0.39 is 0 Å². The van der Waals surface area contributed by atoms with Gasteiger partial charge in [0.1, 0.15) is 5.76 Å². The SMILES string of the molecule is Cc1oc(-c2cnn(C)c2)nc1C(=O)N1CCC[C@H](c2ccccc2)CC1. The quantitative estimate of drug-likeness (QED) is 0.709. The van der Waals surface area contributed by atoms with Gasteiger partial charge >= 0.3 is 0 Å². The van der Waals surface area contributed by atoms with Gasteiger partial charge in [0.25, 0.3) is 5.91 Å². The molecule has 0 radical (unpaired) electrons. The van der Waals surface area contributed by atoms with E-state index in [4.69, 9.17) is 4.42 Å². The molecule has 4 rings (SSSR count). The van der Waals surface area contributed by atoms with Crippen LogP contribution in [0, 0.1) is 6.92 Å². The summed E-state index contributed by atoms with van der Waals surface area (Å²) in [6.07, 6.45) is 6.60. The van der Waals surface area contributed by atoms with E-state index in [9.17, 15) is 4.79 Å². The minimum atomic E-state index is -0.0416. The van der Waals surface area contributed by atoms with Crippen LogP contribution in [0.2, 0.25) is 0 Å². The highest BCUT2D eigenvalue weighted by molar-refractivity contribution is 5.93. The first-order valence-corrected chi connectivity index (χ1v) is 9.42. The van der Waals surface area contributed by atoms with E-state index in [1.54, 1.807) is 17.8 Å². The molecule has 140 valence electrons. The molecule has 1 saturated heterocycles. The Morgan fingerprint density at radius 3 is 2.74 bits per heavy atom. The summed E-state index contributed by atoms with van der Waals surface area (Å²) in [5.41, 5.74) is 2.55. The zero-order valence-corrected chi connectivity index (χ0v) is 15.8. The second-order valence-electron chi connectivity index (χ2n) is 7.16. The molecule has 0 spiro atoms. The van der Waals surface area contributed by atoms with Gasteiger partial charge in [0.15, 0.2) is 5.69 Å². The maximum absolute atomic E-state index is 13.0. The number of oxazole rings is 1. The summed E-state index contributed by atoms with van der Waals surface area (Å²) in [7, 11) is 1.84. The zero-order chi connectivity index (χ0) is 18.8. The fraction of sp³-hybridized carbons (Fsp3) is 0.381. The smallest absolute Gasteiger partial charge is 0.276 e. The average Bonchev–Trinajstić information content (AvgIpc) is 3.19. The lowest BCUT2D eigenvalue weighted by molar-refractivity contribution is 0.0754. The highest BCUT2D eigenvalue weighted by Crippen LogP contribution is 2.29. The predicted molar refractivity (Wildman–Crippen MR) is 102 cm³/mol. The molecule has 0 unspecified atom stereocenters. The molecule has 1 aromatic carbocycles. The number of likely N-dealkylation sites (tertiary alicyclic amines) is 1. The number of hydrogen-bond acceptors (Lipinski definition) is 4. The minimum Gasteiger partial charge on any atom is -0.440 e. The zero-order valence-electron chi connectivity index (χ0n) is 15.8. The number of aryl methyl sites for hydroxylation is 2. The van der Waals surface area contributed by atoms with Gasteiger partial charge in [-0.2, -0.15) is 5.10 Å². The lowest BCUT2D eigenvalue weighted by Gasteiger charge is -2.19. The van der Waals surface area contributed by atoms with Gasteiger partial charge in [0.2, 0.25) is 5.89 Å². The number of benzene rings is 1. The van der Waals surface area contributed by atoms with E-state index in [1.165, 1.54) is 5.56 Å². The third-order valence-electron chi connectivity index (χ3n) is 5.24. The summed E-state index contributed by atoms with van der Waals surface area (Å²) in [6, 6.07) is 10.6. The van der Waals surface area contributed by atoms with Crippen molar-refractivity contribution in [1.29, 1.82) is 0 Å². The van der Waals surface area contributed by atoms with E-state index in [0.29, 0.717) is 23.3 Å². The van der Waals surface area contributed by atoms with Crippen molar-refractivity contribution in [3.8, 4) is 11.5 Å². The largest absolute Gasteiger partial charge is 0.440 e. The Hall–Kier alpha value is -2.89. The molecule has 0 aliphatic carbocycles. The van der Waals surface area contributed by atoms with Crippen LogP contribution in [0.1, 0.15) is 47.0 Å². The van der Waals surface area contributed by atoms with Crippen molar-refractivity contribution < 1.29 is 9.21 Å². The van der Waals surface area contributed by atoms with E-state index in [0.717, 1.165) is 37.9 Å². The first-order valence-electron chi connectivity index (χ1n) is 9.42. The molecular formula is C21H24N4O2. The topological polar surface area (TPSA) is 64.2 Å². The summed E-state index contributed by atoms with van der Waals surface area (Å²) in [6.45, 7) is 3.30. The third-order valence-corrected chi connectivity index (χ3v) is 5.24. The summed E-state index contributed by atoms with van der Waals surface area (Å²) in [4.78, 5) is 19.4. The summed E-state index contributed by atoms with van der Waals surface area (Å²) < 4.78 is 7.43. The van der Waals surface area contributed by atoms with Gasteiger partial charge in [-0.1, -0.05) is 30.3 Å². The molecule has 3 heterocycles. The Morgan fingerprint density at radius 2 is 2.00 bits per heavy atom. The lowest BCUT2D eigenvalue weighted by Crippen LogP contribution is -2.32. The van der Waals surface area contributed by atoms with Crippen molar-refractivity contribution in [2.45, 2.75) is 32.1 Å².